The number of halogens is 13. The van der Waals surface area contributed by atoms with Gasteiger partial charge in [-0.3, -0.25) is 0 Å². The summed E-state index contributed by atoms with van der Waals surface area (Å²) in [6, 6.07) is 0. The maximum absolute atomic E-state index is 13.2. The largest absolute Gasteiger partial charge is 0.545 e. The van der Waals surface area contributed by atoms with Crippen LogP contribution in [0.25, 0.3) is 0 Å². The summed E-state index contributed by atoms with van der Waals surface area (Å²) in [5, 5.41) is 10.0. The van der Waals surface area contributed by atoms with Crippen molar-refractivity contribution in [1.29, 1.82) is 0 Å². The molecule has 0 aromatic heterocycles. The van der Waals surface area contributed by atoms with E-state index in [2.05, 4.69) is 0 Å². The molecule has 0 spiro atoms. The highest BCUT2D eigenvalue weighted by molar-refractivity contribution is 5.86. The fraction of sp³-hybridized carbons (Fsp3) is 0.727. The van der Waals surface area contributed by atoms with Crippen molar-refractivity contribution < 1.29 is 67.0 Å². The molecule has 154 valence electrons. The molecule has 0 amide bonds. The van der Waals surface area contributed by atoms with E-state index >= 15 is 0 Å². The maximum Gasteiger partial charge on any atom is 0.385 e. The highest BCUT2D eigenvalue weighted by atomic mass is 19.4. The zero-order valence-corrected chi connectivity index (χ0v) is 12.0. The Hall–Kier alpha value is -1.70. The third kappa shape index (κ3) is 2.88. The van der Waals surface area contributed by atoms with E-state index in [0.29, 0.717) is 0 Å². The number of carboxylic acids is 1. The highest BCUT2D eigenvalue weighted by Gasteiger charge is 2.90. The van der Waals surface area contributed by atoms with Gasteiger partial charge in [0.05, 0.1) is 5.97 Å². The van der Waals surface area contributed by atoms with Crippen LogP contribution in [0.1, 0.15) is 6.92 Å². The van der Waals surface area contributed by atoms with E-state index < -0.39 is 60.2 Å². The van der Waals surface area contributed by atoms with Crippen LogP contribution in [0.15, 0.2) is 12.2 Å². The summed E-state index contributed by atoms with van der Waals surface area (Å²) < 4.78 is 170. The fourth-order valence-electron chi connectivity index (χ4n) is 1.37. The third-order valence-electron chi connectivity index (χ3n) is 3.12. The van der Waals surface area contributed by atoms with Gasteiger partial charge < -0.3 is 9.90 Å². The molecule has 0 aliphatic rings. The van der Waals surface area contributed by atoms with Crippen molar-refractivity contribution in [3.63, 3.8) is 0 Å². The Morgan fingerprint density at radius 3 is 1.35 bits per heavy atom. The molecule has 0 aromatic rings. The summed E-state index contributed by atoms with van der Waals surface area (Å²) in [5.41, 5.74) is -3.23. The first-order valence-corrected chi connectivity index (χ1v) is 5.86. The Kier molecular flexibility index (Phi) is 5.78. The van der Waals surface area contributed by atoms with E-state index in [1.807, 2.05) is 0 Å². The Bertz CT molecular complexity index is 579. The van der Waals surface area contributed by atoms with E-state index in [9.17, 15) is 67.0 Å². The lowest BCUT2D eigenvalue weighted by Gasteiger charge is -2.42. The van der Waals surface area contributed by atoms with Gasteiger partial charge in [0, 0.05) is 5.57 Å². The van der Waals surface area contributed by atoms with Gasteiger partial charge in [-0.25, -0.2) is 4.39 Å². The van der Waals surface area contributed by atoms with Crippen LogP contribution in [0.3, 0.4) is 0 Å². The Morgan fingerprint density at radius 1 is 0.769 bits per heavy atom. The summed E-state index contributed by atoms with van der Waals surface area (Å²) in [4.78, 5) is 10.0. The SMILES string of the molecule is C=C(C(=O)[O-])C(F)(F)C(F)(F)C(F)(F)C(F)(F)C(F)(F)C(F)(F)C(C)F. The smallest absolute Gasteiger partial charge is 0.385 e. The highest BCUT2D eigenvalue weighted by Crippen LogP contribution is 2.61. The standard InChI is InChI=1S/C11H7F13O2/c1-3(5(25)26)6(13,14)8(17,18)10(21,22)11(23,24)9(19,20)7(15,16)4(2)12/h4H,1H2,2H3,(H,25,26)/p-1. The topological polar surface area (TPSA) is 40.1 Å². The minimum absolute atomic E-state index is 0.521. The third-order valence-corrected chi connectivity index (χ3v) is 3.12. The number of alkyl halides is 13. The molecule has 26 heavy (non-hydrogen) atoms. The lowest BCUT2D eigenvalue weighted by Crippen LogP contribution is -2.72. The average molecular weight is 417 g/mol. The van der Waals surface area contributed by atoms with Gasteiger partial charge in [-0.05, 0) is 6.92 Å². The van der Waals surface area contributed by atoms with Crippen LogP contribution in [0.2, 0.25) is 0 Å². The number of carboxylic acid groups (broad SMARTS) is 1. The quantitative estimate of drug-likeness (QED) is 0.449. The van der Waals surface area contributed by atoms with Crippen LogP contribution in [0, 0.1) is 0 Å². The second-order valence-electron chi connectivity index (χ2n) is 4.88. The monoisotopic (exact) mass is 417 g/mol. The molecule has 0 heterocycles. The molecule has 0 aliphatic heterocycles. The van der Waals surface area contributed by atoms with E-state index in [-0.39, 0.29) is 0 Å². The predicted octanol–water partition coefficient (Wildman–Crippen LogP) is 3.46. The predicted molar refractivity (Wildman–Crippen MR) is 54.4 cm³/mol. The van der Waals surface area contributed by atoms with Gasteiger partial charge in [-0.2, -0.15) is 52.7 Å². The molecule has 1 unspecified atom stereocenters. The molecule has 1 atom stereocenters. The van der Waals surface area contributed by atoms with Crippen molar-refractivity contribution in [3.8, 4) is 0 Å². The van der Waals surface area contributed by atoms with Gasteiger partial charge in [0.2, 0.25) is 0 Å². The van der Waals surface area contributed by atoms with E-state index in [1.54, 1.807) is 6.58 Å². The zero-order valence-electron chi connectivity index (χ0n) is 12.0. The zero-order chi connectivity index (χ0) is 21.7. The van der Waals surface area contributed by atoms with Gasteiger partial charge in [-0.1, -0.05) is 6.58 Å². The summed E-state index contributed by atoms with van der Waals surface area (Å²) >= 11 is 0. The van der Waals surface area contributed by atoms with Crippen LogP contribution in [0.5, 0.6) is 0 Å². The molecule has 0 N–H and O–H groups in total. The molecule has 0 saturated heterocycles. The molecule has 0 aliphatic carbocycles. The number of rotatable bonds is 8. The summed E-state index contributed by atoms with van der Waals surface area (Å²) in [6.07, 6.45) is -4.30. The molecule has 0 bridgehead atoms. The van der Waals surface area contributed by atoms with Gasteiger partial charge in [0.25, 0.3) is 0 Å². The molecule has 15 heteroatoms. The molecule has 0 radical (unpaired) electrons. The molecule has 2 nitrogen and oxygen atoms in total. The van der Waals surface area contributed by atoms with Crippen molar-refractivity contribution in [1.82, 2.24) is 0 Å². The van der Waals surface area contributed by atoms with Crippen LogP contribution < -0.4 is 5.11 Å². The van der Waals surface area contributed by atoms with Crippen LogP contribution in [0.4, 0.5) is 57.1 Å². The molecule has 0 aromatic carbocycles. The summed E-state index contributed by atoms with van der Waals surface area (Å²) in [5.74, 6) is -48.1. The van der Waals surface area contributed by atoms with Gasteiger partial charge >= 0.3 is 35.5 Å². The summed E-state index contributed by atoms with van der Waals surface area (Å²) in [6.45, 7) is 1.14. The number of carbonyl (C=O) groups excluding carboxylic acids is 1. The Morgan fingerprint density at radius 2 is 1.08 bits per heavy atom. The molecule has 0 rings (SSSR count). The van der Waals surface area contributed by atoms with Gasteiger partial charge in [0.1, 0.15) is 0 Å². The number of hydrogen-bond acceptors (Lipinski definition) is 2. The van der Waals surface area contributed by atoms with E-state index in [4.69, 9.17) is 0 Å². The normalized spacial score (nSPS) is 16.4. The van der Waals surface area contributed by atoms with E-state index in [0.717, 1.165) is 0 Å². The Labute approximate surface area is 135 Å². The summed E-state index contributed by atoms with van der Waals surface area (Å²) in [7, 11) is 0. The lowest BCUT2D eigenvalue weighted by atomic mass is 9.88. The number of aliphatic carboxylic acids is 1. The first-order valence-electron chi connectivity index (χ1n) is 5.86. The molecular weight excluding hydrogens is 411 g/mol. The minimum atomic E-state index is -8.00. The molecule has 0 fully saturated rings. The Balaban J connectivity index is 6.53. The van der Waals surface area contributed by atoms with Crippen LogP contribution in [-0.2, 0) is 4.79 Å². The second-order valence-corrected chi connectivity index (χ2v) is 4.88. The first-order chi connectivity index (χ1) is 11.0. The molecule has 0 saturated carbocycles. The van der Waals surface area contributed by atoms with Gasteiger partial charge in [-0.15, -0.1) is 0 Å². The van der Waals surface area contributed by atoms with Crippen molar-refractivity contribution in [2.75, 3.05) is 0 Å². The molecular formula is C11H6F13O2-. The van der Waals surface area contributed by atoms with Crippen LogP contribution >= 0.6 is 0 Å². The maximum atomic E-state index is 13.2. The van der Waals surface area contributed by atoms with E-state index in [1.165, 1.54) is 0 Å². The minimum Gasteiger partial charge on any atom is -0.545 e. The van der Waals surface area contributed by atoms with Crippen LogP contribution in [-0.4, -0.2) is 47.7 Å². The van der Waals surface area contributed by atoms with Crippen molar-refractivity contribution in [2.24, 2.45) is 0 Å². The lowest BCUT2D eigenvalue weighted by molar-refractivity contribution is -0.425. The first kappa shape index (κ1) is 24.3. The number of hydrogen-bond donors (Lipinski definition) is 0. The van der Waals surface area contributed by atoms with Crippen molar-refractivity contribution >= 4 is 5.97 Å². The average Bonchev–Trinajstić information content (AvgIpc) is 2.44. The number of carbonyl (C=O) groups is 1. The van der Waals surface area contributed by atoms with Gasteiger partial charge in [0.15, 0.2) is 6.17 Å². The van der Waals surface area contributed by atoms with Crippen molar-refractivity contribution in [2.45, 2.75) is 48.6 Å². The van der Waals surface area contributed by atoms with Crippen molar-refractivity contribution in [3.05, 3.63) is 12.2 Å². The fourth-order valence-corrected chi connectivity index (χ4v) is 1.37. The second kappa shape index (κ2) is 6.18.